The third kappa shape index (κ3) is 3.77. The van der Waals surface area contributed by atoms with Gasteiger partial charge >= 0.3 is 0 Å². The minimum Gasteiger partial charge on any atom is -0.345 e. The molecule has 4 heteroatoms. The number of amides is 2. The number of nitrogens with zero attached hydrogens (tertiary/aromatic N) is 1. The molecule has 0 aliphatic rings. The van der Waals surface area contributed by atoms with Gasteiger partial charge in [0.05, 0.1) is 0 Å². The van der Waals surface area contributed by atoms with Crippen LogP contribution in [0.1, 0.15) is 34.1 Å². The van der Waals surface area contributed by atoms with Crippen LogP contribution in [0, 0.1) is 0 Å². The Kier molecular flexibility index (Phi) is 5.92. The highest BCUT2D eigenvalue weighted by atomic mass is 16.2. The van der Waals surface area contributed by atoms with Gasteiger partial charge in [0.25, 0.3) is 0 Å². The summed E-state index contributed by atoms with van der Waals surface area (Å²) in [5, 5.41) is 2.65. The maximum atomic E-state index is 11.7. The monoisotopic (exact) mass is 200 g/mol. The third-order valence-electron chi connectivity index (χ3n) is 2.14. The molecule has 0 aromatic heterocycles. The lowest BCUT2D eigenvalue weighted by Gasteiger charge is -2.23. The summed E-state index contributed by atoms with van der Waals surface area (Å²) in [5.41, 5.74) is 0. The van der Waals surface area contributed by atoms with Gasteiger partial charge in [-0.3, -0.25) is 9.59 Å². The minimum atomic E-state index is -0.414. The second kappa shape index (κ2) is 6.40. The molecule has 14 heavy (non-hydrogen) atoms. The molecule has 0 aromatic rings. The van der Waals surface area contributed by atoms with Crippen molar-refractivity contribution in [1.29, 1.82) is 0 Å². The predicted molar refractivity (Wildman–Crippen MR) is 55.8 cm³/mol. The van der Waals surface area contributed by atoms with Crippen LogP contribution < -0.4 is 5.32 Å². The van der Waals surface area contributed by atoms with Crippen molar-refractivity contribution in [3.63, 3.8) is 0 Å². The predicted octanol–water partition coefficient (Wildman–Crippen LogP) is 0.769. The second-order valence-corrected chi connectivity index (χ2v) is 3.15. The standard InChI is InChI=1S/C10H20N2O2/c1-5-9(13)11-8(4)10(14)12(6-2)7-3/h8H,5-7H2,1-4H3,(H,11,13). The first kappa shape index (κ1) is 12.9. The van der Waals surface area contributed by atoms with Crippen molar-refractivity contribution >= 4 is 11.8 Å². The number of rotatable bonds is 5. The number of carbonyl (C=O) groups excluding carboxylic acids is 2. The molecule has 0 radical (unpaired) electrons. The molecule has 0 aliphatic heterocycles. The van der Waals surface area contributed by atoms with Crippen molar-refractivity contribution in [1.82, 2.24) is 10.2 Å². The van der Waals surface area contributed by atoms with E-state index in [1.807, 2.05) is 13.8 Å². The van der Waals surface area contributed by atoms with E-state index in [4.69, 9.17) is 0 Å². The highest BCUT2D eigenvalue weighted by Crippen LogP contribution is 1.95. The minimum absolute atomic E-state index is 0.0169. The van der Waals surface area contributed by atoms with E-state index in [2.05, 4.69) is 5.32 Å². The maximum absolute atomic E-state index is 11.7. The highest BCUT2D eigenvalue weighted by Gasteiger charge is 2.18. The molecular weight excluding hydrogens is 180 g/mol. The number of nitrogens with one attached hydrogen (secondary N) is 1. The molecule has 82 valence electrons. The molecule has 0 saturated carbocycles. The van der Waals surface area contributed by atoms with Gasteiger partial charge in [-0.05, 0) is 20.8 Å². The van der Waals surface area contributed by atoms with Crippen molar-refractivity contribution in [2.45, 2.75) is 40.2 Å². The van der Waals surface area contributed by atoms with Gasteiger partial charge in [-0.15, -0.1) is 0 Å². The quantitative estimate of drug-likeness (QED) is 0.712. The fraction of sp³-hybridized carbons (Fsp3) is 0.800. The third-order valence-corrected chi connectivity index (χ3v) is 2.14. The Morgan fingerprint density at radius 3 is 2.07 bits per heavy atom. The molecule has 0 aliphatic carbocycles. The van der Waals surface area contributed by atoms with E-state index in [0.29, 0.717) is 19.5 Å². The summed E-state index contributed by atoms with van der Waals surface area (Å²) in [4.78, 5) is 24.4. The van der Waals surface area contributed by atoms with Gasteiger partial charge in [0.15, 0.2) is 0 Å². The van der Waals surface area contributed by atoms with Gasteiger partial charge in [-0.25, -0.2) is 0 Å². The topological polar surface area (TPSA) is 49.4 Å². The fourth-order valence-corrected chi connectivity index (χ4v) is 1.21. The van der Waals surface area contributed by atoms with Crippen LogP contribution in [0.4, 0.5) is 0 Å². The SMILES string of the molecule is CCC(=O)NC(C)C(=O)N(CC)CC. The summed E-state index contributed by atoms with van der Waals surface area (Å²) in [6.07, 6.45) is 0.413. The van der Waals surface area contributed by atoms with Crippen LogP contribution in [-0.4, -0.2) is 35.8 Å². The van der Waals surface area contributed by atoms with Crippen molar-refractivity contribution in [2.24, 2.45) is 0 Å². The Morgan fingerprint density at radius 2 is 1.71 bits per heavy atom. The first-order valence-electron chi connectivity index (χ1n) is 5.14. The first-order chi connectivity index (χ1) is 6.56. The lowest BCUT2D eigenvalue weighted by Crippen LogP contribution is -2.46. The van der Waals surface area contributed by atoms with Crippen LogP contribution in [0.2, 0.25) is 0 Å². The lowest BCUT2D eigenvalue weighted by molar-refractivity contribution is -0.135. The molecule has 0 saturated heterocycles. The van der Waals surface area contributed by atoms with Crippen LogP contribution in [0.15, 0.2) is 0 Å². The van der Waals surface area contributed by atoms with Gasteiger partial charge in [0.2, 0.25) is 11.8 Å². The summed E-state index contributed by atoms with van der Waals surface area (Å²) >= 11 is 0. The Labute approximate surface area is 85.7 Å². The molecule has 0 fully saturated rings. The largest absolute Gasteiger partial charge is 0.345 e. The molecule has 0 aromatic carbocycles. The van der Waals surface area contributed by atoms with E-state index in [1.165, 1.54) is 0 Å². The zero-order chi connectivity index (χ0) is 11.1. The van der Waals surface area contributed by atoms with Crippen molar-refractivity contribution in [2.75, 3.05) is 13.1 Å². The molecule has 1 unspecified atom stereocenters. The van der Waals surface area contributed by atoms with Crippen LogP contribution in [0.3, 0.4) is 0 Å². The average Bonchev–Trinajstić information content (AvgIpc) is 2.19. The Bertz CT molecular complexity index is 200. The molecule has 0 heterocycles. The lowest BCUT2D eigenvalue weighted by atomic mass is 10.2. The number of likely N-dealkylation sites (N-methyl/N-ethyl adjacent to an activating group) is 1. The van der Waals surface area contributed by atoms with Crippen molar-refractivity contribution in [3.8, 4) is 0 Å². The summed E-state index contributed by atoms with van der Waals surface area (Å²) in [6.45, 7) is 8.70. The van der Waals surface area contributed by atoms with Crippen LogP contribution in [0.25, 0.3) is 0 Å². The normalized spacial score (nSPS) is 12.0. The summed E-state index contributed by atoms with van der Waals surface area (Å²) < 4.78 is 0. The Morgan fingerprint density at radius 1 is 1.21 bits per heavy atom. The summed E-state index contributed by atoms with van der Waals surface area (Å²) in [6, 6.07) is -0.414. The average molecular weight is 200 g/mol. The molecule has 1 N–H and O–H groups in total. The molecular formula is C10H20N2O2. The van der Waals surface area contributed by atoms with Gasteiger partial charge in [0, 0.05) is 19.5 Å². The highest BCUT2D eigenvalue weighted by molar-refractivity contribution is 5.87. The fourth-order valence-electron chi connectivity index (χ4n) is 1.21. The first-order valence-corrected chi connectivity index (χ1v) is 5.14. The smallest absolute Gasteiger partial charge is 0.244 e. The van der Waals surface area contributed by atoms with Gasteiger partial charge in [-0.1, -0.05) is 6.92 Å². The van der Waals surface area contributed by atoms with E-state index < -0.39 is 6.04 Å². The molecule has 0 rings (SSSR count). The molecule has 2 amide bonds. The maximum Gasteiger partial charge on any atom is 0.244 e. The van der Waals surface area contributed by atoms with Gasteiger partial charge < -0.3 is 10.2 Å². The zero-order valence-corrected chi connectivity index (χ0v) is 9.46. The van der Waals surface area contributed by atoms with E-state index in [1.54, 1.807) is 18.7 Å². The molecule has 0 bridgehead atoms. The molecule has 0 spiro atoms. The van der Waals surface area contributed by atoms with E-state index in [0.717, 1.165) is 0 Å². The van der Waals surface area contributed by atoms with Crippen LogP contribution >= 0.6 is 0 Å². The molecule has 4 nitrogen and oxygen atoms in total. The summed E-state index contributed by atoms with van der Waals surface area (Å²) in [5.74, 6) is -0.102. The van der Waals surface area contributed by atoms with E-state index in [9.17, 15) is 9.59 Å². The molecule has 1 atom stereocenters. The van der Waals surface area contributed by atoms with Crippen molar-refractivity contribution < 1.29 is 9.59 Å². The van der Waals surface area contributed by atoms with Crippen molar-refractivity contribution in [3.05, 3.63) is 0 Å². The summed E-state index contributed by atoms with van der Waals surface area (Å²) in [7, 11) is 0. The Hall–Kier alpha value is -1.06. The number of hydrogen-bond acceptors (Lipinski definition) is 2. The van der Waals surface area contributed by atoms with Gasteiger partial charge in [-0.2, -0.15) is 0 Å². The van der Waals surface area contributed by atoms with E-state index in [-0.39, 0.29) is 11.8 Å². The Balaban J connectivity index is 4.16. The van der Waals surface area contributed by atoms with Gasteiger partial charge in [0.1, 0.15) is 6.04 Å². The zero-order valence-electron chi connectivity index (χ0n) is 9.46. The second-order valence-electron chi connectivity index (χ2n) is 3.15. The van der Waals surface area contributed by atoms with Crippen LogP contribution in [-0.2, 0) is 9.59 Å². The number of carbonyl (C=O) groups is 2. The van der Waals surface area contributed by atoms with E-state index >= 15 is 0 Å². The van der Waals surface area contributed by atoms with Crippen LogP contribution in [0.5, 0.6) is 0 Å². The number of hydrogen-bond donors (Lipinski definition) is 1.